The molecule has 31 heavy (non-hydrogen) atoms. The number of carbonyl (C=O) groups excluding carboxylic acids is 1. The Morgan fingerprint density at radius 1 is 1.03 bits per heavy atom. The summed E-state index contributed by atoms with van der Waals surface area (Å²) in [7, 11) is 1.56. The van der Waals surface area contributed by atoms with Gasteiger partial charge < -0.3 is 14.8 Å². The molecule has 0 heterocycles. The molecule has 0 fully saturated rings. The maximum Gasteiger partial charge on any atom is 0.270 e. The number of hydrogen-bond acceptors (Lipinski definition) is 5. The zero-order valence-corrected chi connectivity index (χ0v) is 17.8. The predicted octanol–water partition coefficient (Wildman–Crippen LogP) is 5.29. The SMILES string of the molecule is COc1ccc(-c2cc([N+](=O)[O-])ccc2O[C@H](C)C(=O)Nc2ccc(C)cc2C)cc1. The summed E-state index contributed by atoms with van der Waals surface area (Å²) in [6.45, 7) is 5.55. The Bertz CT molecular complexity index is 1110. The average molecular weight is 420 g/mol. The summed E-state index contributed by atoms with van der Waals surface area (Å²) in [6, 6.07) is 17.1. The topological polar surface area (TPSA) is 90.7 Å². The molecule has 0 aromatic heterocycles. The lowest BCUT2D eigenvalue weighted by atomic mass is 10.0. The first-order chi connectivity index (χ1) is 14.8. The van der Waals surface area contributed by atoms with Gasteiger partial charge in [0.15, 0.2) is 6.10 Å². The average Bonchev–Trinajstić information content (AvgIpc) is 2.75. The zero-order valence-electron chi connectivity index (χ0n) is 17.8. The van der Waals surface area contributed by atoms with Crippen molar-refractivity contribution in [3.63, 3.8) is 0 Å². The van der Waals surface area contributed by atoms with E-state index in [2.05, 4.69) is 5.32 Å². The number of nitro groups is 1. The van der Waals surface area contributed by atoms with Crippen molar-refractivity contribution in [1.29, 1.82) is 0 Å². The Balaban J connectivity index is 1.86. The van der Waals surface area contributed by atoms with E-state index in [9.17, 15) is 14.9 Å². The van der Waals surface area contributed by atoms with Gasteiger partial charge in [-0.2, -0.15) is 0 Å². The van der Waals surface area contributed by atoms with E-state index in [1.807, 2.05) is 32.0 Å². The molecule has 7 nitrogen and oxygen atoms in total. The molecule has 3 rings (SSSR count). The summed E-state index contributed by atoms with van der Waals surface area (Å²) in [4.78, 5) is 23.5. The lowest BCUT2D eigenvalue weighted by Gasteiger charge is -2.18. The number of amides is 1. The fourth-order valence-electron chi connectivity index (χ4n) is 3.16. The molecule has 0 radical (unpaired) electrons. The molecule has 0 spiro atoms. The van der Waals surface area contributed by atoms with Crippen LogP contribution in [0.15, 0.2) is 60.7 Å². The van der Waals surface area contributed by atoms with Crippen LogP contribution in [0.2, 0.25) is 0 Å². The van der Waals surface area contributed by atoms with E-state index in [4.69, 9.17) is 9.47 Å². The first-order valence-electron chi connectivity index (χ1n) is 9.76. The van der Waals surface area contributed by atoms with Crippen molar-refractivity contribution < 1.29 is 19.2 Å². The van der Waals surface area contributed by atoms with Gasteiger partial charge in [-0.15, -0.1) is 0 Å². The van der Waals surface area contributed by atoms with Gasteiger partial charge in [0.2, 0.25) is 0 Å². The highest BCUT2D eigenvalue weighted by Gasteiger charge is 2.20. The molecule has 1 N–H and O–H groups in total. The van der Waals surface area contributed by atoms with Crippen LogP contribution >= 0.6 is 0 Å². The third kappa shape index (κ3) is 5.19. The number of rotatable bonds is 7. The van der Waals surface area contributed by atoms with E-state index < -0.39 is 11.0 Å². The molecule has 3 aromatic carbocycles. The smallest absolute Gasteiger partial charge is 0.270 e. The van der Waals surface area contributed by atoms with Crippen LogP contribution in [0.3, 0.4) is 0 Å². The first-order valence-corrected chi connectivity index (χ1v) is 9.76. The van der Waals surface area contributed by atoms with Crippen LogP contribution in [0.25, 0.3) is 11.1 Å². The Hall–Kier alpha value is -3.87. The normalized spacial score (nSPS) is 11.5. The quantitative estimate of drug-likeness (QED) is 0.414. The van der Waals surface area contributed by atoms with E-state index in [0.29, 0.717) is 28.3 Å². The first kappa shape index (κ1) is 21.8. The Morgan fingerprint density at radius 2 is 1.74 bits per heavy atom. The minimum Gasteiger partial charge on any atom is -0.497 e. The monoisotopic (exact) mass is 420 g/mol. The van der Waals surface area contributed by atoms with Gasteiger partial charge >= 0.3 is 0 Å². The number of anilines is 1. The van der Waals surface area contributed by atoms with Crippen molar-refractivity contribution in [2.75, 3.05) is 12.4 Å². The molecule has 0 bridgehead atoms. The Labute approximate surface area is 180 Å². The van der Waals surface area contributed by atoms with Gasteiger partial charge in [-0.3, -0.25) is 14.9 Å². The van der Waals surface area contributed by atoms with E-state index in [0.717, 1.165) is 11.1 Å². The van der Waals surface area contributed by atoms with E-state index in [1.54, 1.807) is 38.3 Å². The summed E-state index contributed by atoms with van der Waals surface area (Å²) in [5, 5.41) is 14.1. The maximum absolute atomic E-state index is 12.7. The number of hydrogen-bond donors (Lipinski definition) is 1. The Morgan fingerprint density at radius 3 is 2.35 bits per heavy atom. The fraction of sp³-hybridized carbons (Fsp3) is 0.208. The van der Waals surface area contributed by atoms with Crippen molar-refractivity contribution >= 4 is 17.3 Å². The molecule has 3 aromatic rings. The third-order valence-electron chi connectivity index (χ3n) is 4.89. The van der Waals surface area contributed by atoms with Gasteiger partial charge in [-0.25, -0.2) is 0 Å². The van der Waals surface area contributed by atoms with E-state index >= 15 is 0 Å². The number of nitro benzene ring substituents is 1. The number of benzene rings is 3. The van der Waals surface area contributed by atoms with Crippen LogP contribution in [0.5, 0.6) is 11.5 Å². The molecular weight excluding hydrogens is 396 g/mol. The number of non-ortho nitro benzene ring substituents is 1. The van der Waals surface area contributed by atoms with Crippen molar-refractivity contribution in [2.45, 2.75) is 26.9 Å². The van der Waals surface area contributed by atoms with Crippen LogP contribution in [0.1, 0.15) is 18.1 Å². The Kier molecular flexibility index (Phi) is 6.55. The number of nitrogens with one attached hydrogen (secondary N) is 1. The number of ether oxygens (including phenoxy) is 2. The van der Waals surface area contributed by atoms with Crippen LogP contribution < -0.4 is 14.8 Å². The van der Waals surface area contributed by atoms with Crippen molar-refractivity contribution in [1.82, 2.24) is 0 Å². The second-order valence-electron chi connectivity index (χ2n) is 7.23. The minimum absolute atomic E-state index is 0.0643. The molecular formula is C24H24N2O5. The van der Waals surface area contributed by atoms with Gasteiger partial charge in [-0.1, -0.05) is 29.8 Å². The van der Waals surface area contributed by atoms with Gasteiger partial charge in [0.25, 0.3) is 11.6 Å². The molecule has 0 aliphatic carbocycles. The molecule has 7 heteroatoms. The van der Waals surface area contributed by atoms with Gasteiger partial charge in [0.1, 0.15) is 11.5 Å². The predicted molar refractivity (Wildman–Crippen MR) is 120 cm³/mol. The van der Waals surface area contributed by atoms with Gasteiger partial charge in [-0.05, 0) is 56.2 Å². The summed E-state index contributed by atoms with van der Waals surface area (Å²) in [5.41, 5.74) is 3.94. The zero-order chi connectivity index (χ0) is 22.5. The van der Waals surface area contributed by atoms with Crippen molar-refractivity contribution in [2.24, 2.45) is 0 Å². The second kappa shape index (κ2) is 9.30. The molecule has 0 aliphatic rings. The highest BCUT2D eigenvalue weighted by molar-refractivity contribution is 5.95. The van der Waals surface area contributed by atoms with Gasteiger partial charge in [0.05, 0.1) is 12.0 Å². The molecule has 0 saturated carbocycles. The van der Waals surface area contributed by atoms with E-state index in [-0.39, 0.29) is 11.6 Å². The van der Waals surface area contributed by atoms with Crippen LogP contribution in [-0.2, 0) is 4.79 Å². The van der Waals surface area contributed by atoms with E-state index in [1.165, 1.54) is 18.2 Å². The molecule has 1 atom stereocenters. The third-order valence-corrected chi connectivity index (χ3v) is 4.89. The van der Waals surface area contributed by atoms with Crippen LogP contribution in [0, 0.1) is 24.0 Å². The standard InChI is InChI=1S/C24H24N2O5/c1-15-5-11-22(16(2)13-15)25-24(27)17(3)31-23-12-8-19(26(28)29)14-21(23)18-6-9-20(30-4)10-7-18/h5-14,17H,1-4H3,(H,25,27)/t17-/m1/s1. The summed E-state index contributed by atoms with van der Waals surface area (Å²) in [6.07, 6.45) is -0.820. The number of carbonyl (C=O) groups is 1. The highest BCUT2D eigenvalue weighted by Crippen LogP contribution is 2.35. The summed E-state index contributed by atoms with van der Waals surface area (Å²) < 4.78 is 11.1. The lowest BCUT2D eigenvalue weighted by Crippen LogP contribution is -2.30. The maximum atomic E-state index is 12.7. The molecule has 1 amide bonds. The minimum atomic E-state index is -0.820. The fourth-order valence-corrected chi connectivity index (χ4v) is 3.16. The molecule has 0 saturated heterocycles. The van der Waals surface area contributed by atoms with Crippen LogP contribution in [0.4, 0.5) is 11.4 Å². The van der Waals surface area contributed by atoms with Gasteiger partial charge in [0, 0.05) is 23.4 Å². The second-order valence-corrected chi connectivity index (χ2v) is 7.23. The van der Waals surface area contributed by atoms with Crippen molar-refractivity contribution in [3.05, 3.63) is 81.9 Å². The summed E-state index contributed by atoms with van der Waals surface area (Å²) >= 11 is 0. The number of methoxy groups -OCH3 is 1. The summed E-state index contributed by atoms with van der Waals surface area (Å²) in [5.74, 6) is 0.725. The lowest BCUT2D eigenvalue weighted by molar-refractivity contribution is -0.384. The molecule has 0 aliphatic heterocycles. The van der Waals surface area contributed by atoms with Crippen LogP contribution in [-0.4, -0.2) is 24.0 Å². The molecule has 0 unspecified atom stereocenters. The molecule has 160 valence electrons. The largest absolute Gasteiger partial charge is 0.497 e. The number of aryl methyl sites for hydroxylation is 2. The van der Waals surface area contributed by atoms with Crippen molar-refractivity contribution in [3.8, 4) is 22.6 Å². The number of nitrogens with zero attached hydrogens (tertiary/aromatic N) is 1. The highest BCUT2D eigenvalue weighted by atomic mass is 16.6.